The van der Waals surface area contributed by atoms with Gasteiger partial charge in [-0.25, -0.2) is 0 Å². The van der Waals surface area contributed by atoms with E-state index in [-0.39, 0.29) is 36.0 Å². The Morgan fingerprint density at radius 2 is 1.43 bits per heavy atom. The van der Waals surface area contributed by atoms with Gasteiger partial charge < -0.3 is 25.2 Å². The van der Waals surface area contributed by atoms with Crippen LogP contribution in [-0.2, 0) is 9.59 Å². The molecule has 0 heterocycles. The first kappa shape index (κ1) is 25.3. The van der Waals surface area contributed by atoms with E-state index in [0.717, 1.165) is 25.7 Å². The molecule has 0 rings (SSSR count). The summed E-state index contributed by atoms with van der Waals surface area (Å²) in [6.45, 7) is 1.15. The van der Waals surface area contributed by atoms with Crippen LogP contribution in [0.3, 0.4) is 0 Å². The summed E-state index contributed by atoms with van der Waals surface area (Å²) in [6.07, 6.45) is 7.08. The second-order valence-electron chi connectivity index (χ2n) is 5.75. The fourth-order valence-corrected chi connectivity index (χ4v) is 2.35. The summed E-state index contributed by atoms with van der Waals surface area (Å²) in [5.74, 6) is -3.09. The normalized spacial score (nSPS) is 14.6. The number of ketones is 1. The molecule has 0 saturated carbocycles. The standard InChI is InChI=1S/C16H30O6.Na/c1-2-3-4-5-6-7-8-9-10-11-13(18)16(22,15(20)21)14(19)12-17;/h14,17,19,22H,2-12H2,1H3,(H,20,21);/q;+1/p-1/t14-,16+;/m1./s1. The van der Waals surface area contributed by atoms with Gasteiger partial charge in [-0.05, 0) is 6.42 Å². The molecular weight excluding hydrogens is 311 g/mol. The minimum Gasteiger partial charge on any atom is -0.546 e. The number of carboxylic acids is 1. The number of carboxylic acid groups (broad SMARTS) is 1. The first-order valence-electron chi connectivity index (χ1n) is 8.17. The van der Waals surface area contributed by atoms with Crippen molar-refractivity contribution in [1.82, 2.24) is 0 Å². The Morgan fingerprint density at radius 1 is 1.00 bits per heavy atom. The van der Waals surface area contributed by atoms with Crippen molar-refractivity contribution in [3.05, 3.63) is 0 Å². The van der Waals surface area contributed by atoms with Gasteiger partial charge in [0.15, 0.2) is 11.4 Å². The van der Waals surface area contributed by atoms with E-state index >= 15 is 0 Å². The zero-order valence-corrected chi connectivity index (χ0v) is 16.4. The average Bonchev–Trinajstić information content (AvgIpc) is 2.51. The third-order valence-corrected chi connectivity index (χ3v) is 3.90. The van der Waals surface area contributed by atoms with Crippen molar-refractivity contribution in [2.75, 3.05) is 6.61 Å². The molecule has 23 heavy (non-hydrogen) atoms. The third kappa shape index (κ3) is 9.17. The van der Waals surface area contributed by atoms with Gasteiger partial charge in [0.05, 0.1) is 12.6 Å². The molecule has 0 aliphatic carbocycles. The Hall–Kier alpha value is 0.0200. The number of carbonyl (C=O) groups excluding carboxylic acids is 2. The fourth-order valence-electron chi connectivity index (χ4n) is 2.35. The molecule has 0 spiro atoms. The second kappa shape index (κ2) is 14.4. The SMILES string of the molecule is CCCCCCCCCCCC(=O)[C@@](O)(C(=O)[O-])[C@H](O)CO.[Na+]. The molecule has 3 N–H and O–H groups in total. The number of aliphatic hydroxyl groups is 3. The monoisotopic (exact) mass is 340 g/mol. The summed E-state index contributed by atoms with van der Waals surface area (Å²) in [5, 5.41) is 38.7. The van der Waals surface area contributed by atoms with Crippen molar-refractivity contribution >= 4 is 11.8 Å². The predicted octanol–water partition coefficient (Wildman–Crippen LogP) is -2.69. The number of rotatable bonds is 14. The Morgan fingerprint density at radius 3 is 1.83 bits per heavy atom. The number of carbonyl (C=O) groups is 2. The molecule has 0 aromatic carbocycles. The van der Waals surface area contributed by atoms with Crippen LogP contribution in [0.2, 0.25) is 0 Å². The van der Waals surface area contributed by atoms with E-state index in [0.29, 0.717) is 6.42 Å². The van der Waals surface area contributed by atoms with Crippen LogP contribution in [0.1, 0.15) is 71.1 Å². The van der Waals surface area contributed by atoms with Gasteiger partial charge in [0.1, 0.15) is 6.10 Å². The van der Waals surface area contributed by atoms with E-state index in [9.17, 15) is 24.9 Å². The first-order chi connectivity index (χ1) is 10.4. The number of hydrogen-bond donors (Lipinski definition) is 3. The van der Waals surface area contributed by atoms with Gasteiger partial charge in [-0.15, -0.1) is 0 Å². The Kier molecular flexibility index (Phi) is 15.8. The topological polar surface area (TPSA) is 118 Å². The van der Waals surface area contributed by atoms with Crippen molar-refractivity contribution in [3.63, 3.8) is 0 Å². The Bertz CT molecular complexity index is 337. The molecule has 7 heteroatoms. The van der Waals surface area contributed by atoms with Gasteiger partial charge in [-0.2, -0.15) is 0 Å². The van der Waals surface area contributed by atoms with Gasteiger partial charge >= 0.3 is 29.6 Å². The van der Waals surface area contributed by atoms with Crippen LogP contribution in [0.4, 0.5) is 0 Å². The number of hydrogen-bond acceptors (Lipinski definition) is 6. The van der Waals surface area contributed by atoms with Crippen LogP contribution in [0.25, 0.3) is 0 Å². The van der Waals surface area contributed by atoms with E-state index in [1.807, 2.05) is 0 Å². The van der Waals surface area contributed by atoms with Crippen LogP contribution < -0.4 is 34.7 Å². The van der Waals surface area contributed by atoms with Gasteiger partial charge in [0.25, 0.3) is 0 Å². The van der Waals surface area contributed by atoms with E-state index in [1.54, 1.807) is 0 Å². The maximum absolute atomic E-state index is 11.8. The molecule has 0 amide bonds. The summed E-state index contributed by atoms with van der Waals surface area (Å²) in [6, 6.07) is 0. The van der Waals surface area contributed by atoms with Crippen LogP contribution in [-0.4, -0.2) is 45.4 Å². The number of aliphatic hydroxyl groups excluding tert-OH is 2. The van der Waals surface area contributed by atoms with Crippen LogP contribution in [0.5, 0.6) is 0 Å². The van der Waals surface area contributed by atoms with E-state index in [2.05, 4.69) is 6.92 Å². The minimum absolute atomic E-state index is 0. The molecule has 0 aromatic heterocycles. The molecule has 0 aliphatic rings. The fraction of sp³-hybridized carbons (Fsp3) is 0.875. The minimum atomic E-state index is -3.02. The molecule has 0 saturated heterocycles. The first-order valence-corrected chi connectivity index (χ1v) is 8.17. The zero-order valence-electron chi connectivity index (χ0n) is 14.4. The molecule has 0 aliphatic heterocycles. The molecule has 0 fully saturated rings. The number of aliphatic carboxylic acids is 1. The van der Waals surface area contributed by atoms with Crippen molar-refractivity contribution in [2.24, 2.45) is 0 Å². The van der Waals surface area contributed by atoms with Crippen molar-refractivity contribution in [2.45, 2.75) is 82.8 Å². The molecule has 0 bridgehead atoms. The average molecular weight is 340 g/mol. The van der Waals surface area contributed by atoms with E-state index in [4.69, 9.17) is 5.11 Å². The molecule has 0 aromatic rings. The smallest absolute Gasteiger partial charge is 0.546 e. The largest absolute Gasteiger partial charge is 1.00 e. The zero-order chi connectivity index (χ0) is 17.0. The summed E-state index contributed by atoms with van der Waals surface area (Å²) in [4.78, 5) is 22.6. The van der Waals surface area contributed by atoms with Crippen LogP contribution >= 0.6 is 0 Å². The predicted molar refractivity (Wildman–Crippen MR) is 79.9 cm³/mol. The molecule has 130 valence electrons. The Balaban J connectivity index is 0. The quantitative estimate of drug-likeness (QED) is 0.180. The van der Waals surface area contributed by atoms with Crippen LogP contribution in [0.15, 0.2) is 0 Å². The number of Topliss-reactive ketones (excluding diaryl/α,β-unsaturated/α-hetero) is 1. The summed E-state index contributed by atoms with van der Waals surface area (Å²) < 4.78 is 0. The maximum atomic E-state index is 11.8. The second-order valence-corrected chi connectivity index (χ2v) is 5.75. The van der Waals surface area contributed by atoms with Gasteiger partial charge in [0, 0.05) is 6.42 Å². The van der Waals surface area contributed by atoms with Crippen molar-refractivity contribution < 1.29 is 59.6 Å². The Labute approximate surface area is 160 Å². The van der Waals surface area contributed by atoms with E-state index < -0.39 is 30.1 Å². The summed E-state index contributed by atoms with van der Waals surface area (Å²) in [7, 11) is 0. The molecule has 0 unspecified atom stereocenters. The maximum Gasteiger partial charge on any atom is 1.00 e. The molecule has 0 radical (unpaired) electrons. The van der Waals surface area contributed by atoms with Crippen LogP contribution in [0, 0.1) is 0 Å². The summed E-state index contributed by atoms with van der Waals surface area (Å²) in [5.41, 5.74) is -3.02. The van der Waals surface area contributed by atoms with Gasteiger partial charge in [-0.3, -0.25) is 4.79 Å². The number of unbranched alkanes of at least 4 members (excludes halogenated alkanes) is 8. The van der Waals surface area contributed by atoms with E-state index in [1.165, 1.54) is 25.7 Å². The van der Waals surface area contributed by atoms with Crippen molar-refractivity contribution in [1.29, 1.82) is 0 Å². The molecule has 2 atom stereocenters. The third-order valence-electron chi connectivity index (χ3n) is 3.90. The van der Waals surface area contributed by atoms with Gasteiger partial charge in [-0.1, -0.05) is 58.3 Å². The van der Waals surface area contributed by atoms with Crippen molar-refractivity contribution in [3.8, 4) is 0 Å². The summed E-state index contributed by atoms with van der Waals surface area (Å²) >= 11 is 0. The molecular formula is C16H29NaO6. The van der Waals surface area contributed by atoms with Gasteiger partial charge in [0.2, 0.25) is 0 Å². The molecule has 6 nitrogen and oxygen atoms in total.